The molecule has 1 atom stereocenters. The Bertz CT molecular complexity index is 777. The molecule has 1 saturated heterocycles. The smallest absolute Gasteiger partial charge is 0.241 e. The average Bonchev–Trinajstić information content (AvgIpc) is 2.65. The molecule has 26 heavy (non-hydrogen) atoms. The number of rotatable bonds is 4. The van der Waals surface area contributed by atoms with E-state index >= 15 is 0 Å². The summed E-state index contributed by atoms with van der Waals surface area (Å²) in [5.74, 6) is -0.526. The molecule has 1 unspecified atom stereocenters. The summed E-state index contributed by atoms with van der Waals surface area (Å²) in [6.07, 6.45) is 0. The first-order valence-corrected chi connectivity index (χ1v) is 8.86. The molecule has 0 aromatic heterocycles. The van der Waals surface area contributed by atoms with Gasteiger partial charge in [-0.1, -0.05) is 11.6 Å². The Morgan fingerprint density at radius 1 is 1.15 bits per heavy atom. The summed E-state index contributed by atoms with van der Waals surface area (Å²) in [5, 5.41) is 12.4. The maximum Gasteiger partial charge on any atom is 0.241 e. The second-order valence-corrected chi connectivity index (χ2v) is 6.77. The lowest BCUT2D eigenvalue weighted by molar-refractivity contribution is -0.120. The molecule has 5 nitrogen and oxygen atoms in total. The minimum absolute atomic E-state index is 0.0945. The normalized spacial score (nSPS) is 16.3. The van der Waals surface area contributed by atoms with Gasteiger partial charge < -0.3 is 15.3 Å². The van der Waals surface area contributed by atoms with Crippen molar-refractivity contribution >= 4 is 28.9 Å². The molecular formula is C19H21ClFN3O2. The van der Waals surface area contributed by atoms with Crippen LogP contribution in [0.15, 0.2) is 42.5 Å². The first-order chi connectivity index (χ1) is 12.4. The van der Waals surface area contributed by atoms with Gasteiger partial charge in [0.15, 0.2) is 0 Å². The number of benzene rings is 2. The van der Waals surface area contributed by atoms with E-state index in [4.69, 9.17) is 11.6 Å². The van der Waals surface area contributed by atoms with Gasteiger partial charge in [0, 0.05) is 36.9 Å². The third-order valence-corrected chi connectivity index (χ3v) is 4.88. The van der Waals surface area contributed by atoms with Crippen molar-refractivity contribution in [3.63, 3.8) is 0 Å². The number of anilines is 2. The van der Waals surface area contributed by atoms with Crippen LogP contribution in [0, 0.1) is 5.82 Å². The highest BCUT2D eigenvalue weighted by atomic mass is 35.5. The molecule has 138 valence electrons. The largest absolute Gasteiger partial charge is 0.508 e. The summed E-state index contributed by atoms with van der Waals surface area (Å²) in [4.78, 5) is 16.7. The van der Waals surface area contributed by atoms with Crippen molar-refractivity contribution in [2.75, 3.05) is 36.4 Å². The molecule has 7 heteroatoms. The van der Waals surface area contributed by atoms with E-state index in [9.17, 15) is 14.3 Å². The first-order valence-electron chi connectivity index (χ1n) is 8.48. The number of piperazine rings is 1. The minimum atomic E-state index is -0.507. The summed E-state index contributed by atoms with van der Waals surface area (Å²) < 4.78 is 13.8. The zero-order valence-electron chi connectivity index (χ0n) is 14.5. The lowest BCUT2D eigenvalue weighted by Crippen LogP contribution is -2.52. The lowest BCUT2D eigenvalue weighted by atomic mass is 10.2. The SMILES string of the molecule is CC(C(=O)Nc1cc(Cl)ccc1F)N1CCN(c2ccc(O)cc2)CC1. The monoisotopic (exact) mass is 377 g/mol. The van der Waals surface area contributed by atoms with Gasteiger partial charge in [-0.05, 0) is 49.4 Å². The molecule has 1 aliphatic heterocycles. The van der Waals surface area contributed by atoms with Crippen LogP contribution >= 0.6 is 11.6 Å². The van der Waals surface area contributed by atoms with Crippen molar-refractivity contribution in [3.8, 4) is 5.75 Å². The molecule has 0 spiro atoms. The Morgan fingerprint density at radius 3 is 2.46 bits per heavy atom. The quantitative estimate of drug-likeness (QED) is 0.858. The van der Waals surface area contributed by atoms with Gasteiger partial charge in [-0.15, -0.1) is 0 Å². The summed E-state index contributed by atoms with van der Waals surface area (Å²) in [7, 11) is 0. The van der Waals surface area contributed by atoms with Crippen LogP contribution in [0.1, 0.15) is 6.92 Å². The summed E-state index contributed by atoms with van der Waals surface area (Å²) >= 11 is 5.86. The van der Waals surface area contributed by atoms with Gasteiger partial charge in [-0.25, -0.2) is 4.39 Å². The van der Waals surface area contributed by atoms with Crippen molar-refractivity contribution in [2.45, 2.75) is 13.0 Å². The first kappa shape index (κ1) is 18.5. The van der Waals surface area contributed by atoms with Gasteiger partial charge in [-0.3, -0.25) is 9.69 Å². The molecule has 0 aliphatic carbocycles. The molecule has 2 N–H and O–H groups in total. The molecule has 3 rings (SSSR count). The number of amides is 1. The number of nitrogens with one attached hydrogen (secondary N) is 1. The second-order valence-electron chi connectivity index (χ2n) is 6.33. The Kier molecular flexibility index (Phi) is 5.64. The predicted molar refractivity (Wildman–Crippen MR) is 101 cm³/mol. The van der Waals surface area contributed by atoms with Crippen molar-refractivity contribution in [1.82, 2.24) is 4.90 Å². The number of phenols is 1. The highest BCUT2D eigenvalue weighted by Gasteiger charge is 2.26. The van der Waals surface area contributed by atoms with Crippen LogP contribution in [-0.4, -0.2) is 48.1 Å². The molecule has 2 aromatic carbocycles. The van der Waals surface area contributed by atoms with Crippen molar-refractivity contribution < 1.29 is 14.3 Å². The van der Waals surface area contributed by atoms with Gasteiger partial charge >= 0.3 is 0 Å². The lowest BCUT2D eigenvalue weighted by Gasteiger charge is -2.38. The Morgan fingerprint density at radius 2 is 1.81 bits per heavy atom. The fraction of sp³-hybridized carbons (Fsp3) is 0.316. The molecule has 0 bridgehead atoms. The molecule has 1 amide bonds. The van der Waals surface area contributed by atoms with E-state index in [2.05, 4.69) is 15.1 Å². The molecule has 1 fully saturated rings. The van der Waals surface area contributed by atoms with Gasteiger partial charge in [0.1, 0.15) is 11.6 Å². The number of carbonyl (C=O) groups excluding carboxylic acids is 1. The van der Waals surface area contributed by atoms with Crippen molar-refractivity contribution in [2.24, 2.45) is 0 Å². The Labute approximate surface area is 157 Å². The van der Waals surface area contributed by atoms with E-state index in [1.54, 1.807) is 12.1 Å². The molecule has 1 heterocycles. The second kappa shape index (κ2) is 7.93. The third kappa shape index (κ3) is 4.26. The van der Waals surface area contributed by atoms with E-state index in [0.29, 0.717) is 18.1 Å². The third-order valence-electron chi connectivity index (χ3n) is 4.64. The molecule has 1 aliphatic rings. The van der Waals surface area contributed by atoms with Crippen LogP contribution in [0.4, 0.5) is 15.8 Å². The maximum atomic E-state index is 13.8. The zero-order chi connectivity index (χ0) is 18.7. The predicted octanol–water partition coefficient (Wildman–Crippen LogP) is 3.33. The molecular weight excluding hydrogens is 357 g/mol. The number of phenolic OH excluding ortho intramolecular Hbond substituents is 1. The van der Waals surface area contributed by atoms with Crippen LogP contribution in [0.25, 0.3) is 0 Å². The fourth-order valence-corrected chi connectivity index (χ4v) is 3.20. The number of carbonyl (C=O) groups is 1. The van der Waals surface area contributed by atoms with E-state index < -0.39 is 5.82 Å². The van der Waals surface area contributed by atoms with E-state index in [1.165, 1.54) is 18.2 Å². The van der Waals surface area contributed by atoms with Crippen molar-refractivity contribution in [1.29, 1.82) is 0 Å². The Balaban J connectivity index is 1.57. The number of hydrogen-bond acceptors (Lipinski definition) is 4. The summed E-state index contributed by atoms with van der Waals surface area (Å²) in [6.45, 7) is 4.79. The Hall–Kier alpha value is -2.31. The van der Waals surface area contributed by atoms with E-state index in [-0.39, 0.29) is 23.4 Å². The number of halogens is 2. The minimum Gasteiger partial charge on any atom is -0.508 e. The van der Waals surface area contributed by atoms with Crippen LogP contribution in [0.2, 0.25) is 5.02 Å². The topological polar surface area (TPSA) is 55.8 Å². The van der Waals surface area contributed by atoms with Gasteiger partial charge in [0.05, 0.1) is 11.7 Å². The average molecular weight is 378 g/mol. The van der Waals surface area contributed by atoms with Crippen LogP contribution in [-0.2, 0) is 4.79 Å². The summed E-state index contributed by atoms with van der Waals surface area (Å²) in [5.41, 5.74) is 1.14. The highest BCUT2D eigenvalue weighted by molar-refractivity contribution is 6.30. The van der Waals surface area contributed by atoms with E-state index in [1.807, 2.05) is 19.1 Å². The van der Waals surface area contributed by atoms with Gasteiger partial charge in [-0.2, -0.15) is 0 Å². The summed E-state index contributed by atoms with van der Waals surface area (Å²) in [6, 6.07) is 10.8. The van der Waals surface area contributed by atoms with Crippen LogP contribution in [0.3, 0.4) is 0 Å². The standard InChI is InChI=1S/C19H21ClFN3O2/c1-13(19(26)22-18-12-14(20)2-7-17(18)21)23-8-10-24(11-9-23)15-3-5-16(25)6-4-15/h2-7,12-13,25H,8-11H2,1H3,(H,22,26). The van der Waals surface area contributed by atoms with Crippen LogP contribution < -0.4 is 10.2 Å². The number of aromatic hydroxyl groups is 1. The van der Waals surface area contributed by atoms with Crippen molar-refractivity contribution in [3.05, 3.63) is 53.3 Å². The van der Waals surface area contributed by atoms with Crippen LogP contribution in [0.5, 0.6) is 5.75 Å². The van der Waals surface area contributed by atoms with Gasteiger partial charge in [0.25, 0.3) is 0 Å². The van der Waals surface area contributed by atoms with E-state index in [0.717, 1.165) is 18.8 Å². The molecule has 0 saturated carbocycles. The number of hydrogen-bond donors (Lipinski definition) is 2. The number of nitrogens with zero attached hydrogens (tertiary/aromatic N) is 2. The highest BCUT2D eigenvalue weighted by Crippen LogP contribution is 2.22. The molecule has 0 radical (unpaired) electrons. The van der Waals surface area contributed by atoms with Gasteiger partial charge in [0.2, 0.25) is 5.91 Å². The maximum absolute atomic E-state index is 13.8. The fourth-order valence-electron chi connectivity index (χ4n) is 3.03. The zero-order valence-corrected chi connectivity index (χ0v) is 15.2. The molecule has 2 aromatic rings.